The summed E-state index contributed by atoms with van der Waals surface area (Å²) in [6.07, 6.45) is 6.94. The molecule has 3 heterocycles. The molecular formula is C16H20N4O2. The first-order valence-electron chi connectivity index (χ1n) is 7.57. The van der Waals surface area contributed by atoms with Crippen LogP contribution in [0.15, 0.2) is 30.7 Å². The summed E-state index contributed by atoms with van der Waals surface area (Å²) in [7, 11) is 0. The molecule has 22 heavy (non-hydrogen) atoms. The summed E-state index contributed by atoms with van der Waals surface area (Å²) in [6.45, 7) is 4.64. The lowest BCUT2D eigenvalue weighted by molar-refractivity contribution is 0.0731. The van der Waals surface area contributed by atoms with E-state index in [9.17, 15) is 4.79 Å². The average Bonchev–Trinajstić information content (AvgIpc) is 3.16. The molecule has 0 spiro atoms. The molecule has 1 unspecified atom stereocenters. The molecule has 116 valence electrons. The van der Waals surface area contributed by atoms with Gasteiger partial charge in [-0.2, -0.15) is 5.10 Å². The van der Waals surface area contributed by atoms with E-state index in [4.69, 9.17) is 4.74 Å². The second kappa shape index (κ2) is 6.17. The first-order valence-corrected chi connectivity index (χ1v) is 7.57. The third-order valence-electron chi connectivity index (χ3n) is 3.73. The highest BCUT2D eigenvalue weighted by atomic mass is 16.5. The Bertz CT molecular complexity index is 639. The van der Waals surface area contributed by atoms with Crippen LogP contribution in [0.25, 0.3) is 0 Å². The highest BCUT2D eigenvalue weighted by molar-refractivity contribution is 5.94. The van der Waals surface area contributed by atoms with E-state index in [2.05, 4.69) is 15.2 Å². The minimum Gasteiger partial charge on any atom is -0.489 e. The van der Waals surface area contributed by atoms with E-state index < -0.39 is 0 Å². The van der Waals surface area contributed by atoms with E-state index in [1.54, 1.807) is 24.7 Å². The van der Waals surface area contributed by atoms with Crippen LogP contribution >= 0.6 is 0 Å². The Morgan fingerprint density at radius 3 is 3.05 bits per heavy atom. The minimum atomic E-state index is -0.0150. The lowest BCUT2D eigenvalue weighted by atomic mass is 10.1. The maximum absolute atomic E-state index is 12.8. The minimum absolute atomic E-state index is 0.0150. The Morgan fingerprint density at radius 1 is 1.45 bits per heavy atom. The molecule has 0 aromatic carbocycles. The van der Waals surface area contributed by atoms with E-state index >= 15 is 0 Å². The van der Waals surface area contributed by atoms with Crippen LogP contribution in [-0.4, -0.2) is 38.6 Å². The first kappa shape index (κ1) is 14.6. The van der Waals surface area contributed by atoms with Crippen LogP contribution in [0.2, 0.25) is 0 Å². The zero-order valence-corrected chi connectivity index (χ0v) is 12.8. The Morgan fingerprint density at radius 2 is 2.32 bits per heavy atom. The Kier molecular flexibility index (Phi) is 4.09. The number of aromatic amines is 1. The molecule has 1 fully saturated rings. The molecule has 6 heteroatoms. The highest BCUT2D eigenvalue weighted by Crippen LogP contribution is 2.32. The molecule has 1 saturated heterocycles. The predicted octanol–water partition coefficient (Wildman–Crippen LogP) is 2.57. The second-order valence-electron chi connectivity index (χ2n) is 5.74. The number of H-pyrrole nitrogens is 1. The van der Waals surface area contributed by atoms with E-state index in [1.165, 1.54) is 0 Å². The third kappa shape index (κ3) is 2.95. The normalized spacial score (nSPS) is 18.0. The van der Waals surface area contributed by atoms with E-state index in [0.717, 1.165) is 25.1 Å². The van der Waals surface area contributed by atoms with Gasteiger partial charge in [-0.3, -0.25) is 14.9 Å². The standard InChI is InChI=1S/C16H20N4O2/c1-11(2)22-13-8-12(9-17-10-13)16(21)20-7-3-4-15(20)14-5-6-18-19-14/h5-6,8-11,15H,3-4,7H2,1-2H3,(H,18,19). The summed E-state index contributed by atoms with van der Waals surface area (Å²) in [4.78, 5) is 18.8. The molecule has 2 aromatic rings. The van der Waals surface area contributed by atoms with Crippen LogP contribution in [0.3, 0.4) is 0 Å². The number of amides is 1. The smallest absolute Gasteiger partial charge is 0.256 e. The van der Waals surface area contributed by atoms with Crippen molar-refractivity contribution in [3.63, 3.8) is 0 Å². The molecule has 6 nitrogen and oxygen atoms in total. The molecule has 1 amide bonds. The van der Waals surface area contributed by atoms with Gasteiger partial charge in [0.2, 0.25) is 0 Å². The number of aromatic nitrogens is 3. The van der Waals surface area contributed by atoms with Gasteiger partial charge in [-0.25, -0.2) is 0 Å². The van der Waals surface area contributed by atoms with Crippen molar-refractivity contribution in [2.45, 2.75) is 38.8 Å². The Labute approximate surface area is 129 Å². The van der Waals surface area contributed by atoms with Gasteiger partial charge in [0, 0.05) is 18.9 Å². The molecule has 1 aliphatic rings. The van der Waals surface area contributed by atoms with Gasteiger partial charge in [0.1, 0.15) is 5.75 Å². The first-order chi connectivity index (χ1) is 10.6. The van der Waals surface area contributed by atoms with E-state index in [-0.39, 0.29) is 18.1 Å². The number of carbonyl (C=O) groups is 1. The number of hydrogen-bond acceptors (Lipinski definition) is 4. The molecule has 0 aliphatic carbocycles. The van der Waals surface area contributed by atoms with Crippen molar-refractivity contribution in [1.82, 2.24) is 20.1 Å². The molecule has 0 radical (unpaired) electrons. The van der Waals surface area contributed by atoms with Crippen molar-refractivity contribution in [2.24, 2.45) is 0 Å². The molecule has 1 atom stereocenters. The lowest BCUT2D eigenvalue weighted by Gasteiger charge is -2.24. The number of likely N-dealkylation sites (tertiary alicyclic amines) is 1. The van der Waals surface area contributed by atoms with Gasteiger partial charge >= 0.3 is 0 Å². The number of hydrogen-bond donors (Lipinski definition) is 1. The van der Waals surface area contributed by atoms with Gasteiger partial charge in [0.25, 0.3) is 5.91 Å². The molecular weight excluding hydrogens is 280 g/mol. The summed E-state index contributed by atoms with van der Waals surface area (Å²) in [6, 6.07) is 3.74. The summed E-state index contributed by atoms with van der Waals surface area (Å²) in [5, 5.41) is 6.95. The number of nitrogens with zero attached hydrogens (tertiary/aromatic N) is 3. The van der Waals surface area contributed by atoms with Crippen molar-refractivity contribution in [3.8, 4) is 5.75 Å². The maximum atomic E-state index is 12.8. The zero-order valence-electron chi connectivity index (χ0n) is 12.8. The molecule has 3 rings (SSSR count). The number of ether oxygens (including phenoxy) is 1. The average molecular weight is 300 g/mol. The Hall–Kier alpha value is -2.37. The van der Waals surface area contributed by atoms with E-state index in [0.29, 0.717) is 11.3 Å². The van der Waals surface area contributed by atoms with Gasteiger partial charge in [-0.1, -0.05) is 0 Å². The van der Waals surface area contributed by atoms with Gasteiger partial charge in [0.05, 0.1) is 29.6 Å². The maximum Gasteiger partial charge on any atom is 0.256 e. The summed E-state index contributed by atoms with van der Waals surface area (Å²) in [5.74, 6) is 0.608. The fourth-order valence-electron chi connectivity index (χ4n) is 2.82. The van der Waals surface area contributed by atoms with Gasteiger partial charge in [-0.15, -0.1) is 0 Å². The highest BCUT2D eigenvalue weighted by Gasteiger charge is 2.31. The zero-order chi connectivity index (χ0) is 15.5. The van der Waals surface area contributed by atoms with Crippen LogP contribution in [0.1, 0.15) is 48.8 Å². The number of pyridine rings is 1. The van der Waals surface area contributed by atoms with Crippen molar-refractivity contribution < 1.29 is 9.53 Å². The lowest BCUT2D eigenvalue weighted by Crippen LogP contribution is -2.30. The van der Waals surface area contributed by atoms with Crippen LogP contribution < -0.4 is 4.74 Å². The monoisotopic (exact) mass is 300 g/mol. The number of nitrogens with one attached hydrogen (secondary N) is 1. The molecule has 1 N–H and O–H groups in total. The SMILES string of the molecule is CC(C)Oc1cncc(C(=O)N2CCCC2c2ccn[nH]2)c1. The molecule has 2 aromatic heterocycles. The fraction of sp³-hybridized carbons (Fsp3) is 0.438. The summed E-state index contributed by atoms with van der Waals surface area (Å²) >= 11 is 0. The van der Waals surface area contributed by atoms with Gasteiger partial charge in [-0.05, 0) is 38.8 Å². The van der Waals surface area contributed by atoms with Crippen LogP contribution in [0.5, 0.6) is 5.75 Å². The summed E-state index contributed by atoms with van der Waals surface area (Å²) < 4.78 is 5.62. The van der Waals surface area contributed by atoms with Crippen molar-refractivity contribution in [1.29, 1.82) is 0 Å². The summed E-state index contributed by atoms with van der Waals surface area (Å²) in [5.41, 5.74) is 1.54. The van der Waals surface area contributed by atoms with Crippen LogP contribution in [-0.2, 0) is 0 Å². The number of carbonyl (C=O) groups excluding carboxylic acids is 1. The largest absolute Gasteiger partial charge is 0.489 e. The predicted molar refractivity (Wildman–Crippen MR) is 81.6 cm³/mol. The molecule has 0 bridgehead atoms. The second-order valence-corrected chi connectivity index (χ2v) is 5.74. The van der Waals surface area contributed by atoms with Crippen molar-refractivity contribution in [2.75, 3.05) is 6.54 Å². The fourth-order valence-corrected chi connectivity index (χ4v) is 2.82. The van der Waals surface area contributed by atoms with E-state index in [1.807, 2.05) is 24.8 Å². The van der Waals surface area contributed by atoms with Crippen LogP contribution in [0.4, 0.5) is 0 Å². The van der Waals surface area contributed by atoms with Crippen molar-refractivity contribution in [3.05, 3.63) is 42.0 Å². The number of rotatable bonds is 4. The Balaban J connectivity index is 1.81. The van der Waals surface area contributed by atoms with Gasteiger partial charge in [0.15, 0.2) is 0 Å². The van der Waals surface area contributed by atoms with Crippen molar-refractivity contribution >= 4 is 5.91 Å². The van der Waals surface area contributed by atoms with Gasteiger partial charge < -0.3 is 9.64 Å². The quantitative estimate of drug-likeness (QED) is 0.942. The van der Waals surface area contributed by atoms with Crippen LogP contribution in [0, 0.1) is 0 Å². The topological polar surface area (TPSA) is 71.1 Å². The molecule has 0 saturated carbocycles. The third-order valence-corrected chi connectivity index (χ3v) is 3.73. The molecule has 1 aliphatic heterocycles.